The molecular formula is C20H22ClFN2O3S. The van der Waals surface area contributed by atoms with Crippen LogP contribution in [0.4, 0.5) is 4.39 Å². The van der Waals surface area contributed by atoms with E-state index in [9.17, 15) is 17.6 Å². The minimum absolute atomic E-state index is 0.0909. The zero-order chi connectivity index (χ0) is 20.3. The van der Waals surface area contributed by atoms with Gasteiger partial charge in [0.15, 0.2) is 0 Å². The second-order valence-electron chi connectivity index (χ2n) is 6.92. The van der Waals surface area contributed by atoms with Gasteiger partial charge in [0, 0.05) is 43.2 Å². The number of halogens is 2. The van der Waals surface area contributed by atoms with E-state index in [0.717, 1.165) is 0 Å². The van der Waals surface area contributed by atoms with Crippen molar-refractivity contribution in [2.24, 2.45) is 5.92 Å². The van der Waals surface area contributed by atoms with Crippen molar-refractivity contribution >= 4 is 27.5 Å². The molecule has 0 bridgehead atoms. The Balaban J connectivity index is 1.60. The molecule has 2 aromatic rings. The number of sulfonamides is 1. The number of carbonyl (C=O) groups excluding carboxylic acids is 1. The van der Waals surface area contributed by atoms with Crippen LogP contribution in [-0.2, 0) is 21.4 Å². The molecule has 5 nitrogen and oxygen atoms in total. The van der Waals surface area contributed by atoms with Gasteiger partial charge in [-0.25, -0.2) is 12.8 Å². The van der Waals surface area contributed by atoms with E-state index in [0.29, 0.717) is 23.4 Å². The number of benzene rings is 2. The summed E-state index contributed by atoms with van der Waals surface area (Å²) in [5.74, 6) is -0.703. The standard InChI is InChI=1S/C20H22ClFN2O3S/c1-23(14-16-4-2-3-5-19(16)22)20(25)15-10-12-24(13-11-15)28(26,27)18-8-6-17(21)7-9-18/h2-9,15H,10-14H2,1H3. The van der Waals surface area contributed by atoms with Gasteiger partial charge in [-0.3, -0.25) is 4.79 Å². The van der Waals surface area contributed by atoms with Gasteiger partial charge in [-0.1, -0.05) is 29.8 Å². The summed E-state index contributed by atoms with van der Waals surface area (Å²) in [4.78, 5) is 14.4. The zero-order valence-electron chi connectivity index (χ0n) is 15.5. The highest BCUT2D eigenvalue weighted by molar-refractivity contribution is 7.89. The van der Waals surface area contributed by atoms with Crippen LogP contribution in [0.15, 0.2) is 53.4 Å². The Bertz CT molecular complexity index is 942. The number of hydrogen-bond donors (Lipinski definition) is 0. The summed E-state index contributed by atoms with van der Waals surface area (Å²) >= 11 is 5.82. The number of hydrogen-bond acceptors (Lipinski definition) is 3. The van der Waals surface area contributed by atoms with Crippen LogP contribution in [0, 0.1) is 11.7 Å². The van der Waals surface area contributed by atoms with Crippen LogP contribution in [-0.4, -0.2) is 43.7 Å². The first kappa shape index (κ1) is 20.8. The van der Waals surface area contributed by atoms with Crippen molar-refractivity contribution in [3.63, 3.8) is 0 Å². The van der Waals surface area contributed by atoms with Crippen LogP contribution in [0.3, 0.4) is 0 Å². The van der Waals surface area contributed by atoms with E-state index in [4.69, 9.17) is 11.6 Å². The molecule has 0 saturated carbocycles. The Labute approximate surface area is 169 Å². The molecule has 1 aliphatic heterocycles. The molecule has 0 unspecified atom stereocenters. The summed E-state index contributed by atoms with van der Waals surface area (Å²) < 4.78 is 40.7. The summed E-state index contributed by atoms with van der Waals surface area (Å²) in [6.45, 7) is 0.735. The number of amides is 1. The smallest absolute Gasteiger partial charge is 0.243 e. The maximum absolute atomic E-state index is 13.8. The summed E-state index contributed by atoms with van der Waals surface area (Å²) in [6, 6.07) is 12.4. The summed E-state index contributed by atoms with van der Waals surface area (Å²) in [7, 11) is -1.96. The van der Waals surface area contributed by atoms with Crippen LogP contribution in [0.25, 0.3) is 0 Å². The van der Waals surface area contributed by atoms with Gasteiger partial charge in [0.05, 0.1) is 4.90 Å². The molecule has 2 aromatic carbocycles. The third kappa shape index (κ3) is 4.54. The van der Waals surface area contributed by atoms with Crippen LogP contribution in [0.2, 0.25) is 5.02 Å². The Kier molecular flexibility index (Phi) is 6.37. The fraction of sp³-hybridized carbons (Fsp3) is 0.350. The lowest BCUT2D eigenvalue weighted by Gasteiger charge is -2.32. The number of carbonyl (C=O) groups is 1. The van der Waals surface area contributed by atoms with Crippen molar-refractivity contribution in [1.82, 2.24) is 9.21 Å². The largest absolute Gasteiger partial charge is 0.341 e. The van der Waals surface area contributed by atoms with Crippen LogP contribution in [0.5, 0.6) is 0 Å². The predicted octanol–water partition coefficient (Wildman–Crippen LogP) is 3.54. The van der Waals surface area contributed by atoms with E-state index in [1.807, 2.05) is 0 Å². The first-order valence-corrected chi connectivity index (χ1v) is 10.8. The summed E-state index contributed by atoms with van der Waals surface area (Å²) in [5, 5.41) is 0.473. The highest BCUT2D eigenvalue weighted by Gasteiger charge is 2.33. The second kappa shape index (κ2) is 8.59. The van der Waals surface area contributed by atoms with Crippen LogP contribution in [0.1, 0.15) is 18.4 Å². The molecule has 1 aliphatic rings. The van der Waals surface area contributed by atoms with E-state index in [1.54, 1.807) is 37.4 Å². The molecular weight excluding hydrogens is 403 g/mol. The molecule has 150 valence electrons. The van der Waals surface area contributed by atoms with E-state index >= 15 is 0 Å². The van der Waals surface area contributed by atoms with Gasteiger partial charge < -0.3 is 4.90 Å². The SMILES string of the molecule is CN(Cc1ccccc1F)C(=O)C1CCN(S(=O)(=O)c2ccc(Cl)cc2)CC1. The minimum Gasteiger partial charge on any atom is -0.341 e. The van der Waals surface area contributed by atoms with Crippen molar-refractivity contribution in [2.45, 2.75) is 24.3 Å². The maximum atomic E-state index is 13.8. The van der Waals surface area contributed by atoms with Crippen molar-refractivity contribution < 1.29 is 17.6 Å². The molecule has 0 aliphatic carbocycles. The molecule has 0 N–H and O–H groups in total. The Morgan fingerprint density at radius 3 is 2.36 bits per heavy atom. The average molecular weight is 425 g/mol. The van der Waals surface area contributed by atoms with Gasteiger partial charge in [0.25, 0.3) is 0 Å². The first-order valence-electron chi connectivity index (χ1n) is 9.03. The third-order valence-electron chi connectivity index (χ3n) is 5.00. The van der Waals surface area contributed by atoms with Gasteiger partial charge in [-0.05, 0) is 43.2 Å². The first-order chi connectivity index (χ1) is 13.3. The van der Waals surface area contributed by atoms with E-state index < -0.39 is 10.0 Å². The molecule has 1 fully saturated rings. The fourth-order valence-corrected chi connectivity index (χ4v) is 4.97. The van der Waals surface area contributed by atoms with Gasteiger partial charge in [0.2, 0.25) is 15.9 Å². The average Bonchev–Trinajstić information content (AvgIpc) is 2.69. The van der Waals surface area contributed by atoms with Gasteiger partial charge in [-0.15, -0.1) is 0 Å². The molecule has 28 heavy (non-hydrogen) atoms. The molecule has 8 heteroatoms. The van der Waals surface area contributed by atoms with E-state index in [1.165, 1.54) is 27.4 Å². The maximum Gasteiger partial charge on any atom is 0.243 e. The third-order valence-corrected chi connectivity index (χ3v) is 7.16. The number of nitrogens with zero attached hydrogens (tertiary/aromatic N) is 2. The van der Waals surface area contributed by atoms with Gasteiger partial charge in [-0.2, -0.15) is 4.31 Å². The molecule has 1 saturated heterocycles. The van der Waals surface area contributed by atoms with E-state index in [-0.39, 0.29) is 42.2 Å². The predicted molar refractivity (Wildman–Crippen MR) is 106 cm³/mol. The lowest BCUT2D eigenvalue weighted by Crippen LogP contribution is -2.43. The molecule has 1 heterocycles. The number of rotatable bonds is 5. The second-order valence-corrected chi connectivity index (χ2v) is 9.29. The Hall–Kier alpha value is -1.96. The molecule has 1 amide bonds. The van der Waals surface area contributed by atoms with Crippen LogP contribution < -0.4 is 0 Å². The molecule has 0 atom stereocenters. The summed E-state index contributed by atoms with van der Waals surface area (Å²) in [5.41, 5.74) is 0.459. The highest BCUT2D eigenvalue weighted by Crippen LogP contribution is 2.26. The quantitative estimate of drug-likeness (QED) is 0.737. The van der Waals surface area contributed by atoms with Crippen molar-refractivity contribution in [2.75, 3.05) is 20.1 Å². The van der Waals surface area contributed by atoms with Crippen molar-refractivity contribution in [3.8, 4) is 0 Å². The minimum atomic E-state index is -3.60. The Morgan fingerprint density at radius 1 is 1.14 bits per heavy atom. The molecule has 0 aromatic heterocycles. The molecule has 0 spiro atoms. The lowest BCUT2D eigenvalue weighted by molar-refractivity contribution is -0.136. The summed E-state index contributed by atoms with van der Waals surface area (Å²) in [6.07, 6.45) is 0.876. The molecule has 3 rings (SSSR count). The van der Waals surface area contributed by atoms with Crippen molar-refractivity contribution in [3.05, 3.63) is 64.9 Å². The van der Waals surface area contributed by atoms with E-state index in [2.05, 4.69) is 0 Å². The van der Waals surface area contributed by atoms with Crippen LogP contribution >= 0.6 is 11.6 Å². The lowest BCUT2D eigenvalue weighted by atomic mass is 9.96. The number of piperidine rings is 1. The zero-order valence-corrected chi connectivity index (χ0v) is 17.1. The highest BCUT2D eigenvalue weighted by atomic mass is 35.5. The van der Waals surface area contributed by atoms with Crippen molar-refractivity contribution in [1.29, 1.82) is 0 Å². The van der Waals surface area contributed by atoms with Gasteiger partial charge in [0.1, 0.15) is 5.82 Å². The monoisotopic (exact) mass is 424 g/mol. The Morgan fingerprint density at radius 2 is 1.75 bits per heavy atom. The normalized spacial score (nSPS) is 16.1. The topological polar surface area (TPSA) is 57.7 Å². The fourth-order valence-electron chi connectivity index (χ4n) is 3.37. The van der Waals surface area contributed by atoms with Gasteiger partial charge >= 0.3 is 0 Å². The molecule has 0 radical (unpaired) electrons.